The Morgan fingerprint density at radius 2 is 1.81 bits per heavy atom. The summed E-state index contributed by atoms with van der Waals surface area (Å²) in [6.07, 6.45) is 0.331. The molecule has 234 valence electrons. The van der Waals surface area contributed by atoms with Crippen molar-refractivity contribution in [3.8, 4) is 11.5 Å². The lowest BCUT2D eigenvalue weighted by atomic mass is 9.99. The van der Waals surface area contributed by atoms with Crippen molar-refractivity contribution in [2.75, 3.05) is 21.0 Å². The second-order valence-electron chi connectivity index (χ2n) is 10.6. The molecule has 0 spiro atoms. The lowest BCUT2D eigenvalue weighted by Crippen LogP contribution is -2.39. The van der Waals surface area contributed by atoms with Gasteiger partial charge in [0.1, 0.15) is 29.0 Å². The van der Waals surface area contributed by atoms with Crippen LogP contribution in [0.1, 0.15) is 60.4 Å². The number of esters is 1. The second-order valence-corrected chi connectivity index (χ2v) is 10.6. The Morgan fingerprint density at radius 1 is 1.12 bits per heavy atom. The highest BCUT2D eigenvalue weighted by Gasteiger charge is 2.48. The monoisotopic (exact) mass is 602 g/mol. The maximum Gasteiger partial charge on any atom is 0.340 e. The van der Waals surface area contributed by atoms with Gasteiger partial charge in [-0.1, -0.05) is 37.3 Å². The molecular weight excluding hydrogens is 563 g/mol. The van der Waals surface area contributed by atoms with Crippen LogP contribution in [0.4, 0.5) is 4.39 Å². The largest absolute Gasteiger partial charge is 0.497 e. The first-order valence-corrected chi connectivity index (χ1v) is 13.8. The van der Waals surface area contributed by atoms with Crippen LogP contribution in [0.5, 0.6) is 11.5 Å². The number of aliphatic hydroxyl groups is 1. The van der Waals surface area contributed by atoms with Gasteiger partial charge in [-0.05, 0) is 57.0 Å². The second kappa shape index (κ2) is 15.1. The first-order valence-electron chi connectivity index (χ1n) is 13.8. The van der Waals surface area contributed by atoms with E-state index in [1.165, 1.54) is 39.4 Å². The summed E-state index contributed by atoms with van der Waals surface area (Å²) >= 11 is 0. The standard InChI is InChI=1S/C32H39FO10/c1-19(20(2)34)15-24(33)28(41-31(37)21-11-8-7-9-12-21)29-25(42-32(3,4)43-29)14-10-13-22-16-23(39-6)17-26(40-18-38-5)27(22)30(35)36/h7-13,15-17,19-20,25,28-29,34H,14,18H2,1-6H3,(H,35,36)/b13-10+,24-15+/t19-,20-,25-,28?,29-/m0/s1. The van der Waals surface area contributed by atoms with E-state index in [0.717, 1.165) is 0 Å². The summed E-state index contributed by atoms with van der Waals surface area (Å²) in [5.74, 6) is -4.09. The van der Waals surface area contributed by atoms with Gasteiger partial charge < -0.3 is 38.6 Å². The normalized spacial score (nSPS) is 20.4. The maximum absolute atomic E-state index is 15.8. The van der Waals surface area contributed by atoms with Gasteiger partial charge in [0.15, 0.2) is 18.7 Å². The van der Waals surface area contributed by atoms with Crippen LogP contribution in [0.15, 0.2) is 60.4 Å². The summed E-state index contributed by atoms with van der Waals surface area (Å²) in [4.78, 5) is 25.1. The van der Waals surface area contributed by atoms with E-state index in [0.29, 0.717) is 5.75 Å². The highest BCUT2D eigenvalue weighted by molar-refractivity contribution is 5.95. The molecule has 0 aromatic heterocycles. The van der Waals surface area contributed by atoms with Gasteiger partial charge in [-0.2, -0.15) is 0 Å². The lowest BCUT2D eigenvalue weighted by Gasteiger charge is -2.26. The smallest absolute Gasteiger partial charge is 0.340 e. The first kappa shape index (κ1) is 33.7. The molecule has 0 radical (unpaired) electrons. The van der Waals surface area contributed by atoms with E-state index in [1.54, 1.807) is 63.3 Å². The Morgan fingerprint density at radius 3 is 2.42 bits per heavy atom. The number of aliphatic hydroxyl groups excluding tert-OH is 1. The molecule has 2 aromatic rings. The van der Waals surface area contributed by atoms with Crippen LogP contribution < -0.4 is 9.47 Å². The minimum Gasteiger partial charge on any atom is -0.497 e. The number of hydrogen-bond donors (Lipinski definition) is 2. The average molecular weight is 603 g/mol. The summed E-state index contributed by atoms with van der Waals surface area (Å²) in [7, 11) is 2.85. The van der Waals surface area contributed by atoms with Crippen LogP contribution in [0, 0.1) is 5.92 Å². The highest BCUT2D eigenvalue weighted by atomic mass is 19.1. The van der Waals surface area contributed by atoms with Crippen molar-refractivity contribution < 1.29 is 52.6 Å². The van der Waals surface area contributed by atoms with Crippen LogP contribution in [-0.4, -0.2) is 73.4 Å². The zero-order chi connectivity index (χ0) is 31.7. The topological polar surface area (TPSA) is 130 Å². The Labute approximate surface area is 250 Å². The summed E-state index contributed by atoms with van der Waals surface area (Å²) in [5, 5.41) is 19.9. The number of benzene rings is 2. The van der Waals surface area contributed by atoms with Crippen molar-refractivity contribution in [2.45, 2.75) is 64.3 Å². The van der Waals surface area contributed by atoms with Crippen LogP contribution in [-0.2, 0) is 18.9 Å². The van der Waals surface area contributed by atoms with E-state index >= 15 is 4.39 Å². The van der Waals surface area contributed by atoms with Crippen LogP contribution in [0.3, 0.4) is 0 Å². The number of carboxylic acid groups (broad SMARTS) is 1. The highest BCUT2D eigenvalue weighted by Crippen LogP contribution is 2.37. The number of aromatic carboxylic acids is 1. The van der Waals surface area contributed by atoms with E-state index in [-0.39, 0.29) is 35.7 Å². The molecule has 1 heterocycles. The Bertz CT molecular complexity index is 1300. The molecule has 43 heavy (non-hydrogen) atoms. The van der Waals surface area contributed by atoms with Gasteiger partial charge in [0.2, 0.25) is 0 Å². The van der Waals surface area contributed by atoms with E-state index in [9.17, 15) is 19.8 Å². The van der Waals surface area contributed by atoms with Crippen LogP contribution >= 0.6 is 0 Å². The van der Waals surface area contributed by atoms with Gasteiger partial charge in [-0.3, -0.25) is 0 Å². The zero-order valence-corrected chi connectivity index (χ0v) is 25.1. The van der Waals surface area contributed by atoms with Gasteiger partial charge in [-0.15, -0.1) is 0 Å². The third kappa shape index (κ3) is 9.11. The molecule has 2 aromatic carbocycles. The molecule has 3 rings (SSSR count). The van der Waals surface area contributed by atoms with Crippen molar-refractivity contribution in [1.82, 2.24) is 0 Å². The van der Waals surface area contributed by atoms with Crippen molar-refractivity contribution in [1.29, 1.82) is 0 Å². The number of carboxylic acids is 1. The maximum atomic E-state index is 15.8. The van der Waals surface area contributed by atoms with Crippen LogP contribution in [0.2, 0.25) is 0 Å². The van der Waals surface area contributed by atoms with Gasteiger partial charge in [0.25, 0.3) is 0 Å². The number of carbonyl (C=O) groups is 2. The predicted octanol–water partition coefficient (Wildman–Crippen LogP) is 5.40. The van der Waals surface area contributed by atoms with Crippen molar-refractivity contribution >= 4 is 18.0 Å². The number of methoxy groups -OCH3 is 2. The number of ether oxygens (including phenoxy) is 6. The molecule has 2 N–H and O–H groups in total. The SMILES string of the molecule is COCOc1cc(OC)cc(/C=C/C[C@@H]2OC(C)(C)O[C@@H]2C(OC(=O)c2ccccc2)/C(F)=C\[C@H](C)[C@H](C)O)c1C(=O)O. The van der Waals surface area contributed by atoms with Gasteiger partial charge in [0.05, 0.1) is 24.9 Å². The third-order valence-corrected chi connectivity index (χ3v) is 6.77. The fourth-order valence-electron chi connectivity index (χ4n) is 4.48. The van der Waals surface area contributed by atoms with Gasteiger partial charge >= 0.3 is 11.9 Å². The van der Waals surface area contributed by atoms with E-state index in [2.05, 4.69) is 0 Å². The molecule has 0 aliphatic carbocycles. The number of halogens is 1. The number of carbonyl (C=O) groups excluding carboxylic acids is 1. The molecule has 0 amide bonds. The van der Waals surface area contributed by atoms with Gasteiger partial charge in [-0.25, -0.2) is 14.0 Å². The van der Waals surface area contributed by atoms with Gasteiger partial charge in [0, 0.05) is 19.1 Å². The minimum absolute atomic E-state index is 0.0557. The summed E-state index contributed by atoms with van der Waals surface area (Å²) < 4.78 is 49.3. The van der Waals surface area contributed by atoms with Crippen molar-refractivity contribution in [2.24, 2.45) is 5.92 Å². The molecule has 10 nitrogen and oxygen atoms in total. The molecule has 0 bridgehead atoms. The van der Waals surface area contributed by atoms with Crippen LogP contribution in [0.25, 0.3) is 6.08 Å². The first-order chi connectivity index (χ1) is 20.4. The van der Waals surface area contributed by atoms with E-state index in [1.807, 2.05) is 0 Å². The number of rotatable bonds is 14. The summed E-state index contributed by atoms with van der Waals surface area (Å²) in [5.41, 5.74) is 0.408. The molecule has 0 saturated carbocycles. The zero-order valence-electron chi connectivity index (χ0n) is 25.1. The minimum atomic E-state index is -1.49. The lowest BCUT2D eigenvalue weighted by molar-refractivity contribution is -0.154. The Kier molecular flexibility index (Phi) is 11.8. The third-order valence-electron chi connectivity index (χ3n) is 6.77. The fourth-order valence-corrected chi connectivity index (χ4v) is 4.48. The van der Waals surface area contributed by atoms with Crippen molar-refractivity contribution in [3.63, 3.8) is 0 Å². The molecule has 5 atom stereocenters. The Hall–Kier alpha value is -3.77. The molecular formula is C32H39FO10. The van der Waals surface area contributed by atoms with E-state index in [4.69, 9.17) is 28.4 Å². The molecule has 11 heteroatoms. The number of hydrogen-bond acceptors (Lipinski definition) is 9. The molecule has 1 aliphatic heterocycles. The summed E-state index contributed by atoms with van der Waals surface area (Å²) in [6.45, 7) is 6.31. The molecule has 1 unspecified atom stereocenters. The summed E-state index contributed by atoms with van der Waals surface area (Å²) in [6, 6.07) is 11.1. The van der Waals surface area contributed by atoms with E-state index < -0.39 is 53.9 Å². The molecule has 1 aliphatic rings. The predicted molar refractivity (Wildman–Crippen MR) is 156 cm³/mol. The Balaban J connectivity index is 1.96. The molecule has 1 saturated heterocycles. The average Bonchev–Trinajstić information content (AvgIpc) is 3.27. The molecule has 1 fully saturated rings. The van der Waals surface area contributed by atoms with Crippen molar-refractivity contribution in [3.05, 3.63) is 77.1 Å². The fraction of sp³-hybridized carbons (Fsp3) is 0.438. The quantitative estimate of drug-likeness (QED) is 0.214.